The van der Waals surface area contributed by atoms with Crippen molar-refractivity contribution in [2.24, 2.45) is 4.99 Å². The first-order chi connectivity index (χ1) is 22.8. The smallest absolute Gasteiger partial charge is 0.209 e. The minimum atomic E-state index is -0.0516. The van der Waals surface area contributed by atoms with Crippen molar-refractivity contribution in [3.8, 4) is 5.69 Å². The summed E-state index contributed by atoms with van der Waals surface area (Å²) in [5.74, 6) is 0.821. The van der Waals surface area contributed by atoms with Crippen LogP contribution < -0.4 is 5.32 Å². The number of benzene rings is 7. The lowest BCUT2D eigenvalue weighted by atomic mass is 9.96. The Labute approximate surface area is 265 Å². The topological polar surface area (TPSA) is 34.2 Å². The summed E-state index contributed by atoms with van der Waals surface area (Å²) in [5, 5.41) is 12.5. The molecule has 4 heteroatoms. The van der Waals surface area contributed by atoms with Crippen LogP contribution in [0.4, 0.5) is 5.69 Å². The van der Waals surface area contributed by atoms with E-state index in [4.69, 9.17) is 4.99 Å². The Kier molecular flexibility index (Phi) is 5.31. The lowest BCUT2D eigenvalue weighted by Gasteiger charge is -2.28. The zero-order chi connectivity index (χ0) is 30.2. The quantitative estimate of drug-likeness (QED) is 0.200. The molecule has 3 heterocycles. The van der Waals surface area contributed by atoms with Crippen molar-refractivity contribution < 1.29 is 0 Å². The second-order valence-electron chi connectivity index (χ2n) is 12.1. The van der Waals surface area contributed by atoms with Crippen molar-refractivity contribution in [3.05, 3.63) is 169 Å². The molecule has 0 aliphatic carbocycles. The second-order valence-corrected chi connectivity index (χ2v) is 12.1. The number of aromatic nitrogens is 2. The highest BCUT2D eigenvalue weighted by molar-refractivity contribution is 6.35. The Balaban J connectivity index is 1.42. The number of rotatable bonds is 2. The average Bonchev–Trinajstić information content (AvgIpc) is 3.72. The number of nitrogens with one attached hydrogen (secondary N) is 1. The Morgan fingerprint density at radius 3 is 1.96 bits per heavy atom. The van der Waals surface area contributed by atoms with E-state index in [1.807, 2.05) is 0 Å². The summed E-state index contributed by atoms with van der Waals surface area (Å²) in [4.78, 5) is 5.40. The molecular weight excluding hydrogens is 560 g/mol. The molecule has 0 fully saturated rings. The molecule has 0 amide bonds. The molecule has 0 saturated carbocycles. The second kappa shape index (κ2) is 9.68. The molecule has 1 aliphatic rings. The highest BCUT2D eigenvalue weighted by Crippen LogP contribution is 2.44. The van der Waals surface area contributed by atoms with Crippen LogP contribution in [-0.4, -0.2) is 15.1 Å². The highest BCUT2D eigenvalue weighted by atomic mass is 15.2. The zero-order valence-corrected chi connectivity index (χ0v) is 24.9. The molecule has 46 heavy (non-hydrogen) atoms. The predicted octanol–water partition coefficient (Wildman–Crippen LogP) is 10.3. The number of aliphatic imine (C=N–C) groups is 1. The van der Waals surface area contributed by atoms with Crippen LogP contribution in [0.2, 0.25) is 0 Å². The molecule has 7 aromatic carbocycles. The van der Waals surface area contributed by atoms with Crippen LogP contribution >= 0.6 is 0 Å². The lowest BCUT2D eigenvalue weighted by Crippen LogP contribution is -2.36. The van der Waals surface area contributed by atoms with Gasteiger partial charge in [-0.2, -0.15) is 0 Å². The molecule has 0 spiro atoms. The molecule has 1 aliphatic heterocycles. The van der Waals surface area contributed by atoms with Crippen LogP contribution in [0, 0.1) is 0 Å². The van der Waals surface area contributed by atoms with Gasteiger partial charge >= 0.3 is 0 Å². The van der Waals surface area contributed by atoms with Crippen LogP contribution in [0.5, 0.6) is 0 Å². The van der Waals surface area contributed by atoms with E-state index in [1.165, 1.54) is 48.8 Å². The van der Waals surface area contributed by atoms with Gasteiger partial charge in [0.15, 0.2) is 0 Å². The average molecular weight is 589 g/mol. The molecule has 216 valence electrons. The molecule has 1 unspecified atom stereocenters. The van der Waals surface area contributed by atoms with Crippen molar-refractivity contribution in [1.82, 2.24) is 14.5 Å². The summed E-state index contributed by atoms with van der Waals surface area (Å²) in [7, 11) is 0. The molecule has 1 N–H and O–H groups in total. The minimum absolute atomic E-state index is 0.0516. The summed E-state index contributed by atoms with van der Waals surface area (Å²) in [6.45, 7) is 0. The first kappa shape index (κ1) is 25.2. The summed E-state index contributed by atoms with van der Waals surface area (Å²) in [6, 6.07) is 54.2. The molecule has 10 rings (SSSR count). The molecule has 4 nitrogen and oxygen atoms in total. The summed E-state index contributed by atoms with van der Waals surface area (Å²) in [5.41, 5.74) is 7.95. The normalized spacial score (nSPS) is 14.6. The van der Waals surface area contributed by atoms with E-state index in [2.05, 4.69) is 172 Å². The van der Waals surface area contributed by atoms with Gasteiger partial charge in [0.1, 0.15) is 0 Å². The van der Waals surface area contributed by atoms with Gasteiger partial charge < -0.3 is 9.88 Å². The van der Waals surface area contributed by atoms with Gasteiger partial charge in [0.25, 0.3) is 0 Å². The fraction of sp³-hybridized carbons (Fsp3) is 0.0238. The van der Waals surface area contributed by atoms with Gasteiger partial charge in [-0.1, -0.05) is 127 Å². The Morgan fingerprint density at radius 2 is 1.15 bits per heavy atom. The molecule has 0 bridgehead atoms. The predicted molar refractivity (Wildman–Crippen MR) is 192 cm³/mol. The fourth-order valence-electron chi connectivity index (χ4n) is 7.60. The number of para-hydroxylation sites is 2. The first-order valence-corrected chi connectivity index (χ1v) is 15.8. The third-order valence-electron chi connectivity index (χ3n) is 9.58. The van der Waals surface area contributed by atoms with Gasteiger partial charge in [-0.15, -0.1) is 0 Å². The van der Waals surface area contributed by atoms with Crippen LogP contribution in [0.25, 0.3) is 59.9 Å². The Morgan fingerprint density at radius 1 is 0.500 bits per heavy atom. The first-order valence-electron chi connectivity index (χ1n) is 15.8. The number of fused-ring (bicyclic) bond motifs is 11. The van der Waals surface area contributed by atoms with Gasteiger partial charge in [0, 0.05) is 39.0 Å². The van der Waals surface area contributed by atoms with Gasteiger partial charge in [-0.25, -0.2) is 4.99 Å². The maximum absolute atomic E-state index is 5.40. The van der Waals surface area contributed by atoms with E-state index in [0.717, 1.165) is 33.9 Å². The summed E-state index contributed by atoms with van der Waals surface area (Å²) >= 11 is 0. The van der Waals surface area contributed by atoms with Crippen molar-refractivity contribution in [1.29, 1.82) is 0 Å². The van der Waals surface area contributed by atoms with Crippen LogP contribution in [0.1, 0.15) is 17.2 Å². The zero-order valence-electron chi connectivity index (χ0n) is 24.9. The summed E-state index contributed by atoms with van der Waals surface area (Å²) < 4.78 is 4.73. The Bertz CT molecular complexity index is 2660. The van der Waals surface area contributed by atoms with Crippen LogP contribution in [0.15, 0.2) is 163 Å². The standard InChI is InChI=1S/C42H28N4/c1-3-13-27(14-4-1)38-34-21-11-12-22-36(34)43-42(44-38)46-40-33-20-10-8-18-31(33)30-17-7-9-19-32(30)37(40)35-24-23-28-25-26-45(39(28)41(35)46)29-15-5-2-6-16-29/h1-26,38H,(H,43,44). The minimum Gasteiger partial charge on any atom is -0.344 e. The van der Waals surface area contributed by atoms with Gasteiger partial charge in [0.05, 0.1) is 28.3 Å². The number of nitrogens with zero attached hydrogens (tertiary/aromatic N) is 3. The monoisotopic (exact) mass is 588 g/mol. The van der Waals surface area contributed by atoms with E-state index in [1.54, 1.807) is 0 Å². The van der Waals surface area contributed by atoms with E-state index in [9.17, 15) is 0 Å². The molecule has 9 aromatic rings. The molecule has 2 aromatic heterocycles. The molecule has 0 saturated heterocycles. The SMILES string of the molecule is c1ccc(C2NC(n3c4c5ccccc5c5ccccc5c4c4ccc5ccn(-c6ccccc6)c5c43)=Nc3ccccc32)cc1. The van der Waals surface area contributed by atoms with Gasteiger partial charge in [-0.3, -0.25) is 4.57 Å². The lowest BCUT2D eigenvalue weighted by molar-refractivity contribution is 0.731. The van der Waals surface area contributed by atoms with Crippen LogP contribution in [-0.2, 0) is 0 Å². The van der Waals surface area contributed by atoms with Crippen molar-refractivity contribution in [2.45, 2.75) is 6.04 Å². The van der Waals surface area contributed by atoms with E-state index in [-0.39, 0.29) is 6.04 Å². The van der Waals surface area contributed by atoms with E-state index < -0.39 is 0 Å². The van der Waals surface area contributed by atoms with Crippen molar-refractivity contribution >= 4 is 65.9 Å². The highest BCUT2D eigenvalue weighted by Gasteiger charge is 2.29. The van der Waals surface area contributed by atoms with E-state index >= 15 is 0 Å². The third-order valence-corrected chi connectivity index (χ3v) is 9.58. The number of hydrogen-bond donors (Lipinski definition) is 1. The maximum atomic E-state index is 5.40. The third kappa shape index (κ3) is 3.52. The van der Waals surface area contributed by atoms with Crippen molar-refractivity contribution in [3.63, 3.8) is 0 Å². The maximum Gasteiger partial charge on any atom is 0.209 e. The number of hydrogen-bond acceptors (Lipinski definition) is 2. The van der Waals surface area contributed by atoms with Gasteiger partial charge in [-0.05, 0) is 46.0 Å². The molecular formula is C42H28N4. The Hall–Kier alpha value is -6.13. The largest absolute Gasteiger partial charge is 0.344 e. The summed E-state index contributed by atoms with van der Waals surface area (Å²) in [6.07, 6.45) is 2.19. The van der Waals surface area contributed by atoms with E-state index in [0.29, 0.717) is 0 Å². The van der Waals surface area contributed by atoms with Gasteiger partial charge in [0.2, 0.25) is 5.96 Å². The van der Waals surface area contributed by atoms with Crippen molar-refractivity contribution in [2.75, 3.05) is 0 Å². The fourth-order valence-corrected chi connectivity index (χ4v) is 7.60. The molecule has 0 radical (unpaired) electrons. The molecule has 1 atom stereocenters. The van der Waals surface area contributed by atoms with Crippen LogP contribution in [0.3, 0.4) is 0 Å².